The van der Waals surface area contributed by atoms with Crippen molar-refractivity contribution in [3.8, 4) is 5.75 Å². The Morgan fingerprint density at radius 3 is 2.47 bits per heavy atom. The van der Waals surface area contributed by atoms with Crippen molar-refractivity contribution < 1.29 is 9.84 Å². The van der Waals surface area contributed by atoms with E-state index in [0.717, 1.165) is 18.7 Å². The summed E-state index contributed by atoms with van der Waals surface area (Å²) in [5.41, 5.74) is 1.24. The maximum absolute atomic E-state index is 8.56. The van der Waals surface area contributed by atoms with Crippen LogP contribution in [0.3, 0.4) is 0 Å². The molecule has 0 aliphatic heterocycles. The van der Waals surface area contributed by atoms with Crippen LogP contribution >= 0.6 is 0 Å². The molecule has 0 saturated carbocycles. The largest absolute Gasteiger partial charge is 0.491 e. The molecule has 0 aromatic heterocycles. The van der Waals surface area contributed by atoms with Crippen LogP contribution in [0.25, 0.3) is 0 Å². The molecule has 0 unspecified atom stereocenters. The third-order valence-corrected chi connectivity index (χ3v) is 2.00. The monoisotopic (exact) mass is 209 g/mol. The van der Waals surface area contributed by atoms with Crippen LogP contribution in [0.1, 0.15) is 19.4 Å². The van der Waals surface area contributed by atoms with Gasteiger partial charge in [-0.25, -0.2) is 0 Å². The average molecular weight is 209 g/mol. The molecule has 2 N–H and O–H groups in total. The van der Waals surface area contributed by atoms with Crippen LogP contribution < -0.4 is 10.1 Å². The van der Waals surface area contributed by atoms with E-state index in [1.165, 1.54) is 5.56 Å². The lowest BCUT2D eigenvalue weighted by Gasteiger charge is -2.10. The van der Waals surface area contributed by atoms with Crippen LogP contribution in [0, 0.1) is 0 Å². The Kier molecular flexibility index (Phi) is 5.15. The van der Waals surface area contributed by atoms with E-state index in [9.17, 15) is 0 Å². The van der Waals surface area contributed by atoms with Gasteiger partial charge in [0, 0.05) is 6.54 Å². The second-order valence-electron chi connectivity index (χ2n) is 3.72. The van der Waals surface area contributed by atoms with Gasteiger partial charge in [0.05, 0.1) is 12.8 Å². The minimum Gasteiger partial charge on any atom is -0.491 e. The zero-order chi connectivity index (χ0) is 11.1. The normalized spacial score (nSPS) is 10.7. The molecule has 0 amide bonds. The molecule has 0 aliphatic carbocycles. The molecule has 1 rings (SSSR count). The summed E-state index contributed by atoms with van der Waals surface area (Å²) in [7, 11) is 0. The van der Waals surface area contributed by atoms with Gasteiger partial charge in [0.2, 0.25) is 0 Å². The van der Waals surface area contributed by atoms with Crippen molar-refractivity contribution in [2.24, 2.45) is 0 Å². The summed E-state index contributed by atoms with van der Waals surface area (Å²) >= 11 is 0. The fourth-order valence-electron chi connectivity index (χ4n) is 1.32. The van der Waals surface area contributed by atoms with Gasteiger partial charge in [-0.15, -0.1) is 0 Å². The van der Waals surface area contributed by atoms with Crippen LogP contribution in [-0.4, -0.2) is 24.5 Å². The van der Waals surface area contributed by atoms with Gasteiger partial charge < -0.3 is 9.84 Å². The summed E-state index contributed by atoms with van der Waals surface area (Å²) in [6, 6.07) is 8.07. The van der Waals surface area contributed by atoms with Crippen molar-refractivity contribution in [2.45, 2.75) is 26.4 Å². The lowest BCUT2D eigenvalue weighted by molar-refractivity contribution is 0.242. The molecule has 84 valence electrons. The van der Waals surface area contributed by atoms with E-state index in [4.69, 9.17) is 9.84 Å². The number of nitrogens with one attached hydrogen (secondary N) is 1. The van der Waals surface area contributed by atoms with Gasteiger partial charge >= 0.3 is 0 Å². The van der Waals surface area contributed by atoms with E-state index in [1.807, 2.05) is 26.0 Å². The van der Waals surface area contributed by atoms with Gasteiger partial charge in [-0.2, -0.15) is 0 Å². The second kappa shape index (κ2) is 6.43. The minimum atomic E-state index is 0.0363. The SMILES string of the molecule is CC(C)Oc1ccc(CCNCO)cc1. The van der Waals surface area contributed by atoms with E-state index in [-0.39, 0.29) is 12.8 Å². The molecule has 0 atom stereocenters. The average Bonchev–Trinajstić information content (AvgIpc) is 2.20. The van der Waals surface area contributed by atoms with Gasteiger partial charge in [0.1, 0.15) is 5.75 Å². The first-order valence-corrected chi connectivity index (χ1v) is 5.29. The number of ether oxygens (including phenoxy) is 1. The first-order valence-electron chi connectivity index (χ1n) is 5.29. The molecule has 0 spiro atoms. The Hall–Kier alpha value is -1.06. The van der Waals surface area contributed by atoms with E-state index in [1.54, 1.807) is 0 Å². The van der Waals surface area contributed by atoms with Crippen molar-refractivity contribution in [2.75, 3.05) is 13.3 Å². The van der Waals surface area contributed by atoms with Crippen molar-refractivity contribution in [1.29, 1.82) is 0 Å². The van der Waals surface area contributed by atoms with Gasteiger partial charge in [0.15, 0.2) is 0 Å². The fourth-order valence-corrected chi connectivity index (χ4v) is 1.32. The van der Waals surface area contributed by atoms with E-state index in [2.05, 4.69) is 17.4 Å². The summed E-state index contributed by atoms with van der Waals surface area (Å²) in [6.07, 6.45) is 1.13. The summed E-state index contributed by atoms with van der Waals surface area (Å²) < 4.78 is 5.54. The standard InChI is InChI=1S/C12H19NO2/c1-10(2)15-12-5-3-11(4-6-12)7-8-13-9-14/h3-6,10,13-14H,7-9H2,1-2H3. The zero-order valence-electron chi connectivity index (χ0n) is 9.36. The molecule has 1 aromatic rings. The molecule has 0 saturated heterocycles. The number of rotatable bonds is 6. The van der Waals surface area contributed by atoms with Crippen LogP contribution in [0.2, 0.25) is 0 Å². The molecular weight excluding hydrogens is 190 g/mol. The molecule has 0 bridgehead atoms. The van der Waals surface area contributed by atoms with Gasteiger partial charge in [-0.1, -0.05) is 12.1 Å². The highest BCUT2D eigenvalue weighted by Gasteiger charge is 1.97. The van der Waals surface area contributed by atoms with Gasteiger partial charge in [-0.05, 0) is 38.0 Å². The Morgan fingerprint density at radius 1 is 1.27 bits per heavy atom. The molecule has 0 aliphatic rings. The molecule has 15 heavy (non-hydrogen) atoms. The first kappa shape index (κ1) is 12.0. The second-order valence-corrected chi connectivity index (χ2v) is 3.72. The third kappa shape index (κ3) is 4.81. The van der Waals surface area contributed by atoms with E-state index >= 15 is 0 Å². The van der Waals surface area contributed by atoms with Crippen molar-refractivity contribution in [3.05, 3.63) is 29.8 Å². The number of aliphatic hydroxyl groups is 1. The topological polar surface area (TPSA) is 41.5 Å². The number of benzene rings is 1. The molecule has 3 heteroatoms. The van der Waals surface area contributed by atoms with Gasteiger partial charge in [-0.3, -0.25) is 5.32 Å². The summed E-state index contributed by atoms with van der Waals surface area (Å²) in [5.74, 6) is 0.906. The highest BCUT2D eigenvalue weighted by atomic mass is 16.5. The van der Waals surface area contributed by atoms with E-state index in [0.29, 0.717) is 0 Å². The van der Waals surface area contributed by atoms with E-state index < -0.39 is 0 Å². The number of hydrogen-bond donors (Lipinski definition) is 2. The highest BCUT2D eigenvalue weighted by molar-refractivity contribution is 5.27. The lowest BCUT2D eigenvalue weighted by atomic mass is 10.1. The predicted molar refractivity (Wildman–Crippen MR) is 61.0 cm³/mol. The van der Waals surface area contributed by atoms with Crippen molar-refractivity contribution in [1.82, 2.24) is 5.32 Å². The Balaban J connectivity index is 2.42. The summed E-state index contributed by atoms with van der Waals surface area (Å²) in [5, 5.41) is 11.4. The third-order valence-electron chi connectivity index (χ3n) is 2.00. The fraction of sp³-hybridized carbons (Fsp3) is 0.500. The van der Waals surface area contributed by atoms with Crippen molar-refractivity contribution >= 4 is 0 Å². The Morgan fingerprint density at radius 2 is 1.93 bits per heavy atom. The molecule has 1 aromatic carbocycles. The number of aliphatic hydroxyl groups excluding tert-OH is 1. The smallest absolute Gasteiger partial charge is 0.119 e. The van der Waals surface area contributed by atoms with Crippen molar-refractivity contribution in [3.63, 3.8) is 0 Å². The van der Waals surface area contributed by atoms with Crippen LogP contribution in [-0.2, 0) is 6.42 Å². The molecule has 0 heterocycles. The lowest BCUT2D eigenvalue weighted by Crippen LogP contribution is -2.17. The van der Waals surface area contributed by atoms with Crippen LogP contribution in [0.4, 0.5) is 0 Å². The molecular formula is C12H19NO2. The number of hydrogen-bond acceptors (Lipinski definition) is 3. The zero-order valence-corrected chi connectivity index (χ0v) is 9.36. The summed E-state index contributed by atoms with van der Waals surface area (Å²) in [6.45, 7) is 4.85. The molecule has 3 nitrogen and oxygen atoms in total. The first-order chi connectivity index (χ1) is 7.22. The Bertz CT molecular complexity index is 269. The molecule has 0 fully saturated rings. The molecule has 0 radical (unpaired) electrons. The van der Waals surface area contributed by atoms with Gasteiger partial charge in [0.25, 0.3) is 0 Å². The summed E-state index contributed by atoms with van der Waals surface area (Å²) in [4.78, 5) is 0. The highest BCUT2D eigenvalue weighted by Crippen LogP contribution is 2.13. The quantitative estimate of drug-likeness (QED) is 0.552. The predicted octanol–water partition coefficient (Wildman–Crippen LogP) is 1.56. The maximum Gasteiger partial charge on any atom is 0.119 e. The Labute approximate surface area is 91.1 Å². The maximum atomic E-state index is 8.56. The minimum absolute atomic E-state index is 0.0363. The van der Waals surface area contributed by atoms with Crippen LogP contribution in [0.5, 0.6) is 5.75 Å². The van der Waals surface area contributed by atoms with Crippen LogP contribution in [0.15, 0.2) is 24.3 Å².